The number of rotatable bonds is 4. The summed E-state index contributed by atoms with van der Waals surface area (Å²) in [5.41, 5.74) is 5.94. The Hall–Kier alpha value is -1.89. The van der Waals surface area contributed by atoms with Gasteiger partial charge in [-0.1, -0.05) is 0 Å². The molecule has 3 N–H and O–H groups in total. The van der Waals surface area contributed by atoms with Crippen LogP contribution < -0.4 is 11.1 Å². The van der Waals surface area contributed by atoms with Gasteiger partial charge in [0.15, 0.2) is 6.39 Å². The molecule has 0 radical (unpaired) electrons. The maximum atomic E-state index is 12.3. The lowest BCUT2D eigenvalue weighted by atomic mass is 9.97. The summed E-state index contributed by atoms with van der Waals surface area (Å²) in [5.74, 6) is -0.158. The third-order valence-electron chi connectivity index (χ3n) is 3.46. The van der Waals surface area contributed by atoms with Gasteiger partial charge in [-0.15, -0.1) is 0 Å². The van der Waals surface area contributed by atoms with Gasteiger partial charge in [-0.25, -0.2) is 4.98 Å². The molecular formula is C13H20N4O3. The van der Waals surface area contributed by atoms with Gasteiger partial charge in [0.1, 0.15) is 0 Å². The first kappa shape index (κ1) is 14.5. The highest BCUT2D eigenvalue weighted by atomic mass is 16.3. The summed E-state index contributed by atoms with van der Waals surface area (Å²) in [7, 11) is 0. The van der Waals surface area contributed by atoms with E-state index in [1.165, 1.54) is 6.39 Å². The molecule has 1 saturated heterocycles. The molecule has 2 amide bonds. The molecule has 2 heterocycles. The highest BCUT2D eigenvalue weighted by Crippen LogP contribution is 2.19. The van der Waals surface area contributed by atoms with Crippen LogP contribution in [0.5, 0.6) is 0 Å². The van der Waals surface area contributed by atoms with Crippen LogP contribution in [0.4, 0.5) is 0 Å². The summed E-state index contributed by atoms with van der Waals surface area (Å²) in [6.07, 6.45) is 2.85. The summed E-state index contributed by atoms with van der Waals surface area (Å²) >= 11 is 0. The zero-order valence-corrected chi connectivity index (χ0v) is 11.6. The second-order valence-corrected chi connectivity index (χ2v) is 4.94. The smallest absolute Gasteiger partial charge is 0.291 e. The minimum atomic E-state index is -0.198. The summed E-state index contributed by atoms with van der Waals surface area (Å²) in [6, 6.07) is 0. The van der Waals surface area contributed by atoms with Crippen LogP contribution in [0, 0.1) is 12.8 Å². The average molecular weight is 280 g/mol. The minimum absolute atomic E-state index is 0.0396. The van der Waals surface area contributed by atoms with Crippen LogP contribution in [0.3, 0.4) is 0 Å². The van der Waals surface area contributed by atoms with Crippen molar-refractivity contribution >= 4 is 11.8 Å². The first-order chi connectivity index (χ1) is 9.63. The minimum Gasteiger partial charge on any atom is -0.438 e. The Labute approximate surface area is 117 Å². The lowest BCUT2D eigenvalue weighted by Gasteiger charge is -2.31. The molecule has 1 fully saturated rings. The van der Waals surface area contributed by atoms with Crippen LogP contribution in [-0.4, -0.2) is 47.9 Å². The van der Waals surface area contributed by atoms with Crippen LogP contribution in [-0.2, 0) is 4.79 Å². The van der Waals surface area contributed by atoms with Crippen molar-refractivity contribution in [3.63, 3.8) is 0 Å². The summed E-state index contributed by atoms with van der Waals surface area (Å²) in [4.78, 5) is 29.8. The number of oxazole rings is 1. The number of likely N-dealkylation sites (tertiary alicyclic amines) is 1. The Morgan fingerprint density at radius 2 is 2.40 bits per heavy atom. The fourth-order valence-corrected chi connectivity index (χ4v) is 2.37. The van der Waals surface area contributed by atoms with E-state index in [1.807, 2.05) is 0 Å². The van der Waals surface area contributed by atoms with Crippen molar-refractivity contribution in [3.8, 4) is 0 Å². The first-order valence-corrected chi connectivity index (χ1v) is 6.80. The number of amides is 2. The van der Waals surface area contributed by atoms with Crippen molar-refractivity contribution < 1.29 is 14.0 Å². The molecule has 110 valence electrons. The van der Waals surface area contributed by atoms with Crippen LogP contribution in [0.1, 0.15) is 29.1 Å². The molecule has 2 rings (SSSR count). The molecule has 1 aromatic heterocycles. The zero-order valence-electron chi connectivity index (χ0n) is 11.6. The topological polar surface area (TPSA) is 101 Å². The number of hydrogen-bond donors (Lipinski definition) is 2. The third-order valence-corrected chi connectivity index (χ3v) is 3.46. The Morgan fingerprint density at radius 1 is 1.60 bits per heavy atom. The number of aryl methyl sites for hydroxylation is 1. The average Bonchev–Trinajstić information content (AvgIpc) is 2.90. The van der Waals surface area contributed by atoms with Crippen molar-refractivity contribution in [2.24, 2.45) is 11.7 Å². The Balaban J connectivity index is 1.98. The number of nitrogens with two attached hydrogens (primary N) is 1. The molecule has 0 bridgehead atoms. The molecule has 20 heavy (non-hydrogen) atoms. The second-order valence-electron chi connectivity index (χ2n) is 4.94. The molecule has 7 nitrogen and oxygen atoms in total. The van der Waals surface area contributed by atoms with Crippen LogP contribution in [0.15, 0.2) is 10.8 Å². The molecule has 0 spiro atoms. The Morgan fingerprint density at radius 3 is 3.05 bits per heavy atom. The molecule has 1 aliphatic rings. The lowest BCUT2D eigenvalue weighted by Crippen LogP contribution is -2.46. The number of aromatic nitrogens is 1. The standard InChI is InChI=1S/C13H20N4O3/c1-9-11(20-8-16-9)13(19)17-6-2-3-10(7-17)12(18)15-5-4-14/h8,10H,2-7,14H2,1H3,(H,15,18). The van der Waals surface area contributed by atoms with E-state index in [0.29, 0.717) is 31.9 Å². The van der Waals surface area contributed by atoms with Gasteiger partial charge in [-0.05, 0) is 19.8 Å². The largest absolute Gasteiger partial charge is 0.438 e. The maximum Gasteiger partial charge on any atom is 0.291 e. The van der Waals surface area contributed by atoms with Crippen molar-refractivity contribution in [1.29, 1.82) is 0 Å². The van der Waals surface area contributed by atoms with Gasteiger partial charge in [0, 0.05) is 26.2 Å². The fourth-order valence-electron chi connectivity index (χ4n) is 2.37. The highest BCUT2D eigenvalue weighted by Gasteiger charge is 2.30. The number of piperidine rings is 1. The van der Waals surface area contributed by atoms with E-state index in [-0.39, 0.29) is 23.5 Å². The van der Waals surface area contributed by atoms with E-state index < -0.39 is 0 Å². The van der Waals surface area contributed by atoms with Crippen LogP contribution in [0.2, 0.25) is 0 Å². The molecular weight excluding hydrogens is 260 g/mol. The van der Waals surface area contributed by atoms with E-state index in [1.54, 1.807) is 11.8 Å². The van der Waals surface area contributed by atoms with Crippen molar-refractivity contribution in [2.75, 3.05) is 26.2 Å². The number of carbonyl (C=O) groups is 2. The van der Waals surface area contributed by atoms with E-state index in [4.69, 9.17) is 10.2 Å². The maximum absolute atomic E-state index is 12.3. The second kappa shape index (κ2) is 6.51. The third kappa shape index (κ3) is 3.16. The lowest BCUT2D eigenvalue weighted by molar-refractivity contribution is -0.126. The summed E-state index contributed by atoms with van der Waals surface area (Å²) < 4.78 is 5.12. The van der Waals surface area contributed by atoms with Crippen molar-refractivity contribution in [3.05, 3.63) is 17.8 Å². The summed E-state index contributed by atoms with van der Waals surface area (Å²) in [5, 5.41) is 2.77. The van der Waals surface area contributed by atoms with Gasteiger partial charge in [0.25, 0.3) is 5.91 Å². The van der Waals surface area contributed by atoms with Gasteiger partial charge in [0.2, 0.25) is 11.7 Å². The molecule has 7 heteroatoms. The monoisotopic (exact) mass is 280 g/mol. The molecule has 1 aromatic rings. The quantitative estimate of drug-likeness (QED) is 0.802. The first-order valence-electron chi connectivity index (χ1n) is 6.80. The van der Waals surface area contributed by atoms with Gasteiger partial charge in [-0.3, -0.25) is 9.59 Å². The number of hydrogen-bond acceptors (Lipinski definition) is 5. The SMILES string of the molecule is Cc1ncoc1C(=O)N1CCCC(C(=O)NCCN)C1. The van der Waals surface area contributed by atoms with E-state index in [9.17, 15) is 9.59 Å². The number of nitrogens with zero attached hydrogens (tertiary/aromatic N) is 2. The molecule has 1 unspecified atom stereocenters. The fraction of sp³-hybridized carbons (Fsp3) is 0.615. The molecule has 0 saturated carbocycles. The predicted molar refractivity (Wildman–Crippen MR) is 71.9 cm³/mol. The van der Waals surface area contributed by atoms with Gasteiger partial charge in [0.05, 0.1) is 11.6 Å². The van der Waals surface area contributed by atoms with E-state index >= 15 is 0 Å². The zero-order chi connectivity index (χ0) is 14.5. The molecule has 0 aromatic carbocycles. The summed E-state index contributed by atoms with van der Waals surface area (Å²) in [6.45, 7) is 3.66. The molecule has 0 aliphatic carbocycles. The number of nitrogens with one attached hydrogen (secondary N) is 1. The number of carbonyl (C=O) groups excluding carboxylic acids is 2. The van der Waals surface area contributed by atoms with E-state index in [2.05, 4.69) is 10.3 Å². The normalized spacial score (nSPS) is 18.9. The van der Waals surface area contributed by atoms with Crippen molar-refractivity contribution in [1.82, 2.24) is 15.2 Å². The Kier molecular flexibility index (Phi) is 4.73. The van der Waals surface area contributed by atoms with E-state index in [0.717, 1.165) is 12.8 Å². The van der Waals surface area contributed by atoms with Gasteiger partial charge >= 0.3 is 0 Å². The van der Waals surface area contributed by atoms with Crippen LogP contribution >= 0.6 is 0 Å². The van der Waals surface area contributed by atoms with Crippen molar-refractivity contribution in [2.45, 2.75) is 19.8 Å². The van der Waals surface area contributed by atoms with Gasteiger partial charge in [-0.2, -0.15) is 0 Å². The molecule has 1 aliphatic heterocycles. The Bertz CT molecular complexity index is 486. The predicted octanol–water partition coefficient (Wildman–Crippen LogP) is -0.0899. The van der Waals surface area contributed by atoms with Crippen LogP contribution in [0.25, 0.3) is 0 Å². The molecule has 1 atom stereocenters. The van der Waals surface area contributed by atoms with Gasteiger partial charge < -0.3 is 20.4 Å². The highest BCUT2D eigenvalue weighted by molar-refractivity contribution is 5.93.